The molecule has 0 aliphatic heterocycles. The number of methoxy groups -OCH3 is 1. The van der Waals surface area contributed by atoms with Crippen LogP contribution in [0.25, 0.3) is 0 Å². The van der Waals surface area contributed by atoms with Crippen LogP contribution in [-0.4, -0.2) is 13.9 Å². The Kier molecular flexibility index (Phi) is 3.26. The summed E-state index contributed by atoms with van der Waals surface area (Å²) in [5.41, 5.74) is 0. The van der Waals surface area contributed by atoms with E-state index in [1.54, 1.807) is 7.11 Å². The minimum Gasteiger partial charge on any atom is -0.466 e. The SMILES string of the molecule is COCOc1ccccc1S. The smallest absolute Gasteiger partial charge is 0.188 e. The number of hydrogen-bond donors (Lipinski definition) is 1. The zero-order valence-corrected chi connectivity index (χ0v) is 7.17. The van der Waals surface area contributed by atoms with Gasteiger partial charge in [-0.25, -0.2) is 0 Å². The molecular formula is C8H10O2S. The molecule has 0 saturated heterocycles. The molecule has 0 aromatic heterocycles. The molecular weight excluding hydrogens is 160 g/mol. The predicted octanol–water partition coefficient (Wildman–Crippen LogP) is 1.96. The van der Waals surface area contributed by atoms with Crippen molar-refractivity contribution in [2.45, 2.75) is 4.90 Å². The van der Waals surface area contributed by atoms with E-state index in [9.17, 15) is 0 Å². The van der Waals surface area contributed by atoms with E-state index < -0.39 is 0 Å². The van der Waals surface area contributed by atoms with Crippen molar-refractivity contribution in [1.29, 1.82) is 0 Å². The van der Waals surface area contributed by atoms with E-state index >= 15 is 0 Å². The molecule has 1 aromatic rings. The van der Waals surface area contributed by atoms with E-state index in [0.717, 1.165) is 10.6 Å². The second kappa shape index (κ2) is 4.26. The van der Waals surface area contributed by atoms with Crippen LogP contribution in [0.5, 0.6) is 5.75 Å². The maximum atomic E-state index is 5.19. The van der Waals surface area contributed by atoms with Crippen LogP contribution in [0.3, 0.4) is 0 Å². The molecule has 0 saturated carbocycles. The Hall–Kier alpha value is -0.670. The first-order valence-corrected chi connectivity index (χ1v) is 3.69. The molecule has 11 heavy (non-hydrogen) atoms. The molecule has 0 radical (unpaired) electrons. The lowest BCUT2D eigenvalue weighted by molar-refractivity contribution is 0.0492. The number of thiol groups is 1. The van der Waals surface area contributed by atoms with Crippen LogP contribution >= 0.6 is 12.6 Å². The van der Waals surface area contributed by atoms with Gasteiger partial charge in [0.15, 0.2) is 6.79 Å². The maximum absolute atomic E-state index is 5.19. The third kappa shape index (κ3) is 2.44. The van der Waals surface area contributed by atoms with Gasteiger partial charge in [-0.15, -0.1) is 12.6 Å². The molecule has 0 amide bonds. The summed E-state index contributed by atoms with van der Waals surface area (Å²) >= 11 is 4.19. The van der Waals surface area contributed by atoms with Crippen molar-refractivity contribution >= 4 is 12.6 Å². The zero-order chi connectivity index (χ0) is 8.10. The Balaban J connectivity index is 2.62. The Morgan fingerprint density at radius 1 is 1.36 bits per heavy atom. The minimum atomic E-state index is 0.261. The molecule has 0 atom stereocenters. The molecule has 0 N–H and O–H groups in total. The Morgan fingerprint density at radius 3 is 2.73 bits per heavy atom. The molecule has 0 fully saturated rings. The summed E-state index contributed by atoms with van der Waals surface area (Å²) < 4.78 is 9.93. The van der Waals surface area contributed by atoms with Crippen LogP contribution in [0.4, 0.5) is 0 Å². The van der Waals surface area contributed by atoms with Gasteiger partial charge in [-0.3, -0.25) is 0 Å². The van der Waals surface area contributed by atoms with Gasteiger partial charge in [0.05, 0.1) is 0 Å². The Labute approximate surface area is 71.5 Å². The van der Waals surface area contributed by atoms with Gasteiger partial charge < -0.3 is 9.47 Å². The van der Waals surface area contributed by atoms with E-state index in [1.807, 2.05) is 24.3 Å². The average Bonchev–Trinajstić information content (AvgIpc) is 2.03. The van der Waals surface area contributed by atoms with E-state index in [0.29, 0.717) is 0 Å². The summed E-state index contributed by atoms with van der Waals surface area (Å²) in [5, 5.41) is 0. The minimum absolute atomic E-state index is 0.261. The molecule has 2 nitrogen and oxygen atoms in total. The average molecular weight is 170 g/mol. The fourth-order valence-electron chi connectivity index (χ4n) is 0.702. The zero-order valence-electron chi connectivity index (χ0n) is 6.28. The summed E-state index contributed by atoms with van der Waals surface area (Å²) in [4.78, 5) is 0.824. The van der Waals surface area contributed by atoms with Gasteiger partial charge in [-0.2, -0.15) is 0 Å². The van der Waals surface area contributed by atoms with Crippen LogP contribution in [0.1, 0.15) is 0 Å². The monoisotopic (exact) mass is 170 g/mol. The van der Waals surface area contributed by atoms with Gasteiger partial charge in [0.1, 0.15) is 5.75 Å². The first-order chi connectivity index (χ1) is 5.34. The largest absolute Gasteiger partial charge is 0.466 e. The molecule has 0 unspecified atom stereocenters. The quantitative estimate of drug-likeness (QED) is 0.552. The molecule has 0 heterocycles. The third-order valence-electron chi connectivity index (χ3n) is 1.20. The van der Waals surface area contributed by atoms with Gasteiger partial charge in [0.25, 0.3) is 0 Å². The van der Waals surface area contributed by atoms with E-state index in [4.69, 9.17) is 9.47 Å². The summed E-state index contributed by atoms with van der Waals surface area (Å²) in [6, 6.07) is 7.52. The van der Waals surface area contributed by atoms with Crippen LogP contribution in [0.2, 0.25) is 0 Å². The highest BCUT2D eigenvalue weighted by Gasteiger charge is 1.95. The van der Waals surface area contributed by atoms with Crippen molar-refractivity contribution in [1.82, 2.24) is 0 Å². The van der Waals surface area contributed by atoms with Crippen molar-refractivity contribution in [3.8, 4) is 5.75 Å². The molecule has 1 aromatic carbocycles. The van der Waals surface area contributed by atoms with E-state index in [-0.39, 0.29) is 6.79 Å². The fourth-order valence-corrected chi connectivity index (χ4v) is 0.927. The van der Waals surface area contributed by atoms with Crippen LogP contribution in [0.15, 0.2) is 29.2 Å². The number of benzene rings is 1. The lowest BCUT2D eigenvalue weighted by Gasteiger charge is -2.05. The lowest BCUT2D eigenvalue weighted by Crippen LogP contribution is -1.98. The second-order valence-electron chi connectivity index (χ2n) is 2.02. The molecule has 60 valence electrons. The second-order valence-corrected chi connectivity index (χ2v) is 2.50. The van der Waals surface area contributed by atoms with Crippen LogP contribution in [0, 0.1) is 0 Å². The topological polar surface area (TPSA) is 18.5 Å². The number of rotatable bonds is 3. The van der Waals surface area contributed by atoms with E-state index in [1.165, 1.54) is 0 Å². The Morgan fingerprint density at radius 2 is 2.09 bits per heavy atom. The van der Waals surface area contributed by atoms with Crippen molar-refractivity contribution in [3.63, 3.8) is 0 Å². The first-order valence-electron chi connectivity index (χ1n) is 3.24. The van der Waals surface area contributed by atoms with Crippen molar-refractivity contribution in [3.05, 3.63) is 24.3 Å². The normalized spacial score (nSPS) is 9.64. The molecule has 0 bridgehead atoms. The molecule has 1 rings (SSSR count). The summed E-state index contributed by atoms with van der Waals surface area (Å²) in [6.07, 6.45) is 0. The summed E-state index contributed by atoms with van der Waals surface area (Å²) in [7, 11) is 1.58. The standard InChI is InChI=1S/C8H10O2S/c1-9-6-10-7-4-2-3-5-8(7)11/h2-5,11H,6H2,1H3. The number of para-hydroxylation sites is 1. The number of ether oxygens (including phenoxy) is 2. The predicted molar refractivity (Wildman–Crippen MR) is 46.2 cm³/mol. The van der Waals surface area contributed by atoms with Crippen molar-refractivity contribution < 1.29 is 9.47 Å². The van der Waals surface area contributed by atoms with Gasteiger partial charge >= 0.3 is 0 Å². The van der Waals surface area contributed by atoms with Gasteiger partial charge in [0, 0.05) is 12.0 Å². The Bertz CT molecular complexity index is 225. The highest BCUT2D eigenvalue weighted by atomic mass is 32.1. The van der Waals surface area contributed by atoms with E-state index in [2.05, 4.69) is 12.6 Å². The number of hydrogen-bond acceptors (Lipinski definition) is 3. The van der Waals surface area contributed by atoms with Gasteiger partial charge in [0.2, 0.25) is 0 Å². The molecule has 0 aliphatic rings. The molecule has 0 spiro atoms. The summed E-state index contributed by atoms with van der Waals surface area (Å²) in [5.74, 6) is 0.748. The van der Waals surface area contributed by atoms with Crippen molar-refractivity contribution in [2.24, 2.45) is 0 Å². The molecule has 0 aliphatic carbocycles. The fraction of sp³-hybridized carbons (Fsp3) is 0.250. The van der Waals surface area contributed by atoms with Gasteiger partial charge in [-0.1, -0.05) is 12.1 Å². The van der Waals surface area contributed by atoms with Crippen LogP contribution in [-0.2, 0) is 4.74 Å². The maximum Gasteiger partial charge on any atom is 0.188 e. The first kappa shape index (κ1) is 8.43. The highest BCUT2D eigenvalue weighted by Crippen LogP contribution is 2.20. The summed E-state index contributed by atoms with van der Waals surface area (Å²) in [6.45, 7) is 0.261. The third-order valence-corrected chi connectivity index (χ3v) is 1.57. The van der Waals surface area contributed by atoms with Crippen molar-refractivity contribution in [2.75, 3.05) is 13.9 Å². The van der Waals surface area contributed by atoms with Crippen LogP contribution < -0.4 is 4.74 Å². The molecule has 3 heteroatoms. The lowest BCUT2D eigenvalue weighted by atomic mass is 10.3. The highest BCUT2D eigenvalue weighted by molar-refractivity contribution is 7.80. The van der Waals surface area contributed by atoms with Gasteiger partial charge in [-0.05, 0) is 12.1 Å².